The standard InChI is InChI=1S/C11H8ClNO2/c1-6-4-10(12)13-9-3-2-7(11(14)15)5-8(6)9/h2-5H,1H3,(H,14,15). The average molecular weight is 222 g/mol. The van der Waals surface area contributed by atoms with Crippen LogP contribution < -0.4 is 0 Å². The molecule has 0 fully saturated rings. The van der Waals surface area contributed by atoms with Gasteiger partial charge in [0.05, 0.1) is 11.1 Å². The van der Waals surface area contributed by atoms with E-state index in [4.69, 9.17) is 16.7 Å². The van der Waals surface area contributed by atoms with Crippen molar-refractivity contribution in [3.8, 4) is 0 Å². The van der Waals surface area contributed by atoms with Gasteiger partial charge in [-0.2, -0.15) is 0 Å². The van der Waals surface area contributed by atoms with Crippen molar-refractivity contribution in [1.82, 2.24) is 4.98 Å². The Morgan fingerprint density at radius 3 is 2.80 bits per heavy atom. The SMILES string of the molecule is Cc1cc(Cl)nc2ccc(C(=O)O)cc12. The smallest absolute Gasteiger partial charge is 0.335 e. The Labute approximate surface area is 91.3 Å². The van der Waals surface area contributed by atoms with E-state index in [-0.39, 0.29) is 5.56 Å². The molecule has 0 spiro atoms. The lowest BCUT2D eigenvalue weighted by atomic mass is 10.1. The van der Waals surface area contributed by atoms with Crippen LogP contribution in [0.25, 0.3) is 10.9 Å². The molecule has 3 nitrogen and oxygen atoms in total. The molecule has 1 aromatic heterocycles. The van der Waals surface area contributed by atoms with Gasteiger partial charge in [0.25, 0.3) is 0 Å². The number of halogens is 1. The van der Waals surface area contributed by atoms with Crippen molar-refractivity contribution in [2.75, 3.05) is 0 Å². The molecular weight excluding hydrogens is 214 g/mol. The molecule has 0 saturated heterocycles. The van der Waals surface area contributed by atoms with Crippen LogP contribution in [0.3, 0.4) is 0 Å². The number of nitrogens with zero attached hydrogens (tertiary/aromatic N) is 1. The van der Waals surface area contributed by atoms with Crippen LogP contribution in [0.4, 0.5) is 0 Å². The first-order valence-corrected chi connectivity index (χ1v) is 4.76. The molecule has 0 atom stereocenters. The number of hydrogen-bond donors (Lipinski definition) is 1. The summed E-state index contributed by atoms with van der Waals surface area (Å²) in [7, 11) is 0. The molecule has 1 aromatic carbocycles. The molecule has 0 amide bonds. The number of rotatable bonds is 1. The highest BCUT2D eigenvalue weighted by atomic mass is 35.5. The van der Waals surface area contributed by atoms with E-state index in [2.05, 4.69) is 4.98 Å². The molecule has 15 heavy (non-hydrogen) atoms. The van der Waals surface area contributed by atoms with Crippen molar-refractivity contribution in [1.29, 1.82) is 0 Å². The third kappa shape index (κ3) is 1.78. The van der Waals surface area contributed by atoms with Crippen LogP contribution in [0, 0.1) is 6.92 Å². The summed E-state index contributed by atoms with van der Waals surface area (Å²) < 4.78 is 0. The first kappa shape index (κ1) is 9.93. The van der Waals surface area contributed by atoms with Gasteiger partial charge in [0.2, 0.25) is 0 Å². The molecule has 0 bridgehead atoms. The van der Waals surface area contributed by atoms with Gasteiger partial charge in [-0.25, -0.2) is 9.78 Å². The zero-order chi connectivity index (χ0) is 11.0. The van der Waals surface area contributed by atoms with Crippen LogP contribution in [-0.2, 0) is 0 Å². The monoisotopic (exact) mass is 221 g/mol. The van der Waals surface area contributed by atoms with Crippen molar-refractivity contribution >= 4 is 28.5 Å². The van der Waals surface area contributed by atoms with E-state index < -0.39 is 5.97 Å². The maximum Gasteiger partial charge on any atom is 0.335 e. The Kier molecular flexibility index (Phi) is 2.32. The van der Waals surface area contributed by atoms with Crippen LogP contribution in [-0.4, -0.2) is 16.1 Å². The highest BCUT2D eigenvalue weighted by Gasteiger charge is 2.06. The van der Waals surface area contributed by atoms with Gasteiger partial charge in [-0.05, 0) is 36.8 Å². The average Bonchev–Trinajstić information content (AvgIpc) is 2.16. The van der Waals surface area contributed by atoms with Gasteiger partial charge in [-0.3, -0.25) is 0 Å². The number of aromatic carboxylic acids is 1. The lowest BCUT2D eigenvalue weighted by Crippen LogP contribution is -1.96. The number of carbonyl (C=O) groups is 1. The van der Waals surface area contributed by atoms with Crippen molar-refractivity contribution < 1.29 is 9.90 Å². The van der Waals surface area contributed by atoms with Gasteiger partial charge in [-0.15, -0.1) is 0 Å². The quantitative estimate of drug-likeness (QED) is 0.754. The Morgan fingerprint density at radius 2 is 2.13 bits per heavy atom. The van der Waals surface area contributed by atoms with Gasteiger partial charge in [0.1, 0.15) is 5.15 Å². The van der Waals surface area contributed by atoms with Gasteiger partial charge >= 0.3 is 5.97 Å². The van der Waals surface area contributed by atoms with E-state index in [0.29, 0.717) is 10.7 Å². The topological polar surface area (TPSA) is 50.2 Å². The Morgan fingerprint density at radius 1 is 1.40 bits per heavy atom. The van der Waals surface area contributed by atoms with Crippen molar-refractivity contribution in [2.45, 2.75) is 6.92 Å². The van der Waals surface area contributed by atoms with Gasteiger partial charge in [-0.1, -0.05) is 11.6 Å². The molecule has 1 heterocycles. The Hall–Kier alpha value is -1.61. The maximum atomic E-state index is 10.8. The van der Waals surface area contributed by atoms with Crippen LogP contribution in [0.1, 0.15) is 15.9 Å². The number of carboxylic acids is 1. The van der Waals surface area contributed by atoms with E-state index in [0.717, 1.165) is 10.9 Å². The number of pyridine rings is 1. The lowest BCUT2D eigenvalue weighted by Gasteiger charge is -2.03. The minimum atomic E-state index is -0.939. The fourth-order valence-electron chi connectivity index (χ4n) is 1.49. The van der Waals surface area contributed by atoms with Gasteiger partial charge < -0.3 is 5.11 Å². The molecule has 0 aliphatic rings. The van der Waals surface area contributed by atoms with Crippen LogP contribution in [0.5, 0.6) is 0 Å². The molecule has 2 rings (SSSR count). The Bertz CT molecular complexity index is 552. The van der Waals surface area contributed by atoms with Crippen LogP contribution in [0.2, 0.25) is 5.15 Å². The van der Waals surface area contributed by atoms with E-state index in [9.17, 15) is 4.79 Å². The zero-order valence-corrected chi connectivity index (χ0v) is 8.75. The molecule has 0 radical (unpaired) electrons. The fraction of sp³-hybridized carbons (Fsp3) is 0.0909. The van der Waals surface area contributed by atoms with Crippen LogP contribution in [0.15, 0.2) is 24.3 Å². The predicted molar refractivity (Wildman–Crippen MR) is 58.4 cm³/mol. The zero-order valence-electron chi connectivity index (χ0n) is 7.99. The third-order valence-electron chi connectivity index (χ3n) is 2.23. The molecule has 0 unspecified atom stereocenters. The second-order valence-electron chi connectivity index (χ2n) is 3.30. The first-order chi connectivity index (χ1) is 7.08. The Balaban J connectivity index is 2.76. The highest BCUT2D eigenvalue weighted by Crippen LogP contribution is 2.21. The summed E-state index contributed by atoms with van der Waals surface area (Å²) in [6.45, 7) is 1.88. The summed E-state index contributed by atoms with van der Waals surface area (Å²) in [5.41, 5.74) is 1.90. The summed E-state index contributed by atoms with van der Waals surface area (Å²) in [5, 5.41) is 10.1. The number of aromatic nitrogens is 1. The summed E-state index contributed by atoms with van der Waals surface area (Å²) in [6.07, 6.45) is 0. The van der Waals surface area contributed by atoms with Crippen molar-refractivity contribution in [3.05, 3.63) is 40.5 Å². The predicted octanol–water partition coefficient (Wildman–Crippen LogP) is 2.89. The number of hydrogen-bond acceptors (Lipinski definition) is 2. The van der Waals surface area contributed by atoms with E-state index >= 15 is 0 Å². The van der Waals surface area contributed by atoms with Gasteiger partial charge in [0.15, 0.2) is 0 Å². The molecule has 2 aromatic rings. The molecule has 0 aliphatic heterocycles. The number of carboxylic acid groups (broad SMARTS) is 1. The van der Waals surface area contributed by atoms with Gasteiger partial charge in [0, 0.05) is 5.39 Å². The van der Waals surface area contributed by atoms with Crippen LogP contribution >= 0.6 is 11.6 Å². The second-order valence-corrected chi connectivity index (χ2v) is 3.69. The summed E-state index contributed by atoms with van der Waals surface area (Å²) in [4.78, 5) is 14.9. The fourth-order valence-corrected chi connectivity index (χ4v) is 1.74. The first-order valence-electron chi connectivity index (χ1n) is 4.38. The molecule has 4 heteroatoms. The van der Waals surface area contributed by atoms with E-state index in [1.807, 2.05) is 6.92 Å². The summed E-state index contributed by atoms with van der Waals surface area (Å²) in [5.74, 6) is -0.939. The minimum Gasteiger partial charge on any atom is -0.478 e. The molecule has 0 aliphatic carbocycles. The maximum absolute atomic E-state index is 10.8. The lowest BCUT2D eigenvalue weighted by molar-refractivity contribution is 0.0697. The van der Waals surface area contributed by atoms with E-state index in [1.54, 1.807) is 18.2 Å². The third-order valence-corrected chi connectivity index (χ3v) is 2.42. The summed E-state index contributed by atoms with van der Waals surface area (Å²) in [6, 6.07) is 6.51. The second kappa shape index (κ2) is 3.51. The normalized spacial score (nSPS) is 10.5. The highest BCUT2D eigenvalue weighted by molar-refractivity contribution is 6.29. The largest absolute Gasteiger partial charge is 0.478 e. The number of benzene rings is 1. The molecule has 0 saturated carbocycles. The molecular formula is C11H8ClNO2. The number of fused-ring (bicyclic) bond motifs is 1. The minimum absolute atomic E-state index is 0.259. The number of aryl methyl sites for hydroxylation is 1. The van der Waals surface area contributed by atoms with E-state index in [1.165, 1.54) is 6.07 Å². The van der Waals surface area contributed by atoms with Crippen molar-refractivity contribution in [2.24, 2.45) is 0 Å². The summed E-state index contributed by atoms with van der Waals surface area (Å²) >= 11 is 5.80. The molecule has 76 valence electrons. The molecule has 1 N–H and O–H groups in total. The van der Waals surface area contributed by atoms with Crippen molar-refractivity contribution in [3.63, 3.8) is 0 Å².